The van der Waals surface area contributed by atoms with Gasteiger partial charge in [-0.05, 0) is 18.2 Å². The molecule has 2 aromatic carbocycles. The van der Waals surface area contributed by atoms with E-state index in [1.165, 1.54) is 0 Å². The van der Waals surface area contributed by atoms with Gasteiger partial charge < -0.3 is 4.90 Å². The molecule has 0 bridgehead atoms. The van der Waals surface area contributed by atoms with E-state index in [0.717, 1.165) is 22.5 Å². The highest BCUT2D eigenvalue weighted by atomic mass is 35.5. The first-order chi connectivity index (χ1) is 9.66. The summed E-state index contributed by atoms with van der Waals surface area (Å²) in [7, 11) is 1.78. The Hall–Kier alpha value is -2.13. The Balaban J connectivity index is 2.17. The maximum atomic E-state index is 12.0. The number of halogens is 1. The lowest BCUT2D eigenvalue weighted by Crippen LogP contribution is -2.27. The number of carbonyl (C=O) groups is 1. The van der Waals surface area contributed by atoms with Crippen molar-refractivity contribution in [2.45, 2.75) is 0 Å². The number of rotatable bonds is 1. The van der Waals surface area contributed by atoms with Gasteiger partial charge in [0.1, 0.15) is 6.54 Å². The summed E-state index contributed by atoms with van der Waals surface area (Å²) >= 11 is 5.93. The van der Waals surface area contributed by atoms with E-state index < -0.39 is 0 Å². The largest absolute Gasteiger partial charge is 0.313 e. The number of hydrogen-bond acceptors (Lipinski definition) is 2. The van der Waals surface area contributed by atoms with Gasteiger partial charge in [0.15, 0.2) is 0 Å². The second kappa shape index (κ2) is 5.10. The Morgan fingerprint density at radius 3 is 2.55 bits per heavy atom. The van der Waals surface area contributed by atoms with Gasteiger partial charge in [-0.2, -0.15) is 0 Å². The van der Waals surface area contributed by atoms with Gasteiger partial charge in [0.2, 0.25) is 5.91 Å². The van der Waals surface area contributed by atoms with E-state index in [1.807, 2.05) is 48.5 Å². The molecule has 0 atom stereocenters. The zero-order valence-corrected chi connectivity index (χ0v) is 11.8. The summed E-state index contributed by atoms with van der Waals surface area (Å²) in [5, 5.41) is 0.685. The third kappa shape index (κ3) is 2.21. The number of amides is 1. The molecule has 100 valence electrons. The van der Waals surface area contributed by atoms with Gasteiger partial charge in [-0.15, -0.1) is 0 Å². The van der Waals surface area contributed by atoms with E-state index in [4.69, 9.17) is 11.6 Å². The first-order valence-electron chi connectivity index (χ1n) is 6.33. The molecule has 0 aliphatic carbocycles. The second-order valence-corrected chi connectivity index (χ2v) is 5.08. The predicted molar refractivity (Wildman–Crippen MR) is 81.8 cm³/mol. The van der Waals surface area contributed by atoms with Gasteiger partial charge in [-0.1, -0.05) is 41.9 Å². The average molecular weight is 285 g/mol. The highest BCUT2D eigenvalue weighted by Crippen LogP contribution is 2.26. The van der Waals surface area contributed by atoms with Gasteiger partial charge in [-0.3, -0.25) is 9.79 Å². The molecule has 1 amide bonds. The number of benzene rings is 2. The molecule has 1 aliphatic rings. The van der Waals surface area contributed by atoms with Crippen LogP contribution in [0, 0.1) is 0 Å². The van der Waals surface area contributed by atoms with Crippen LogP contribution in [0.4, 0.5) is 5.69 Å². The molecule has 0 fully saturated rings. The van der Waals surface area contributed by atoms with Crippen molar-refractivity contribution in [2.75, 3.05) is 18.5 Å². The summed E-state index contributed by atoms with van der Waals surface area (Å²) in [6, 6.07) is 15.3. The van der Waals surface area contributed by atoms with Crippen molar-refractivity contribution in [2.24, 2.45) is 4.99 Å². The van der Waals surface area contributed by atoms with Crippen LogP contribution in [0.1, 0.15) is 11.1 Å². The maximum Gasteiger partial charge on any atom is 0.248 e. The van der Waals surface area contributed by atoms with Crippen LogP contribution in [-0.4, -0.2) is 25.2 Å². The molecular weight excluding hydrogens is 272 g/mol. The van der Waals surface area contributed by atoms with Crippen LogP contribution in [-0.2, 0) is 4.79 Å². The number of para-hydroxylation sites is 1. The zero-order valence-electron chi connectivity index (χ0n) is 11.0. The number of anilines is 1. The number of fused-ring (bicyclic) bond motifs is 1. The molecule has 3 nitrogen and oxygen atoms in total. The van der Waals surface area contributed by atoms with Crippen molar-refractivity contribution in [1.82, 2.24) is 0 Å². The van der Waals surface area contributed by atoms with Crippen molar-refractivity contribution >= 4 is 28.9 Å². The molecular formula is C16H13ClN2O. The number of aliphatic imine (C=N–C) groups is 1. The van der Waals surface area contributed by atoms with E-state index in [1.54, 1.807) is 11.9 Å². The molecule has 0 saturated carbocycles. The first kappa shape index (κ1) is 12.9. The summed E-state index contributed by atoms with van der Waals surface area (Å²) in [4.78, 5) is 18.1. The number of nitrogens with zero attached hydrogens (tertiary/aromatic N) is 2. The minimum atomic E-state index is -0.0126. The van der Waals surface area contributed by atoms with E-state index in [2.05, 4.69) is 4.99 Å². The Morgan fingerprint density at radius 2 is 1.80 bits per heavy atom. The molecule has 1 heterocycles. The quantitative estimate of drug-likeness (QED) is 0.792. The van der Waals surface area contributed by atoms with Crippen LogP contribution in [0.2, 0.25) is 5.02 Å². The highest BCUT2D eigenvalue weighted by molar-refractivity contribution is 6.30. The van der Waals surface area contributed by atoms with E-state index in [9.17, 15) is 4.79 Å². The molecule has 0 unspecified atom stereocenters. The standard InChI is InChI=1S/C16H13ClN2O/c1-19-14-5-3-2-4-13(14)16(18-10-15(19)20)11-6-8-12(17)9-7-11/h2-9H,10H2,1H3. The molecule has 0 spiro atoms. The topological polar surface area (TPSA) is 32.7 Å². The zero-order chi connectivity index (χ0) is 14.1. The minimum Gasteiger partial charge on any atom is -0.313 e. The van der Waals surface area contributed by atoms with Gasteiger partial charge in [0.25, 0.3) is 0 Å². The van der Waals surface area contributed by atoms with Crippen molar-refractivity contribution in [3.05, 3.63) is 64.7 Å². The van der Waals surface area contributed by atoms with Crippen LogP contribution < -0.4 is 4.90 Å². The van der Waals surface area contributed by atoms with Crippen molar-refractivity contribution in [1.29, 1.82) is 0 Å². The molecule has 0 saturated heterocycles. The van der Waals surface area contributed by atoms with Crippen molar-refractivity contribution in [3.63, 3.8) is 0 Å². The molecule has 3 rings (SSSR count). The first-order valence-corrected chi connectivity index (χ1v) is 6.71. The number of likely N-dealkylation sites (N-methyl/N-ethyl adjacent to an activating group) is 1. The van der Waals surface area contributed by atoms with Crippen LogP contribution in [0.3, 0.4) is 0 Å². The molecule has 0 radical (unpaired) electrons. The lowest BCUT2D eigenvalue weighted by molar-refractivity contribution is -0.116. The van der Waals surface area contributed by atoms with Gasteiger partial charge >= 0.3 is 0 Å². The van der Waals surface area contributed by atoms with Crippen LogP contribution in [0.15, 0.2) is 53.5 Å². The lowest BCUT2D eigenvalue weighted by Gasteiger charge is -2.17. The van der Waals surface area contributed by atoms with Gasteiger partial charge in [0.05, 0.1) is 11.4 Å². The summed E-state index contributed by atoms with van der Waals surface area (Å²) in [5.74, 6) is -0.0126. The molecule has 1 aliphatic heterocycles. The summed E-state index contributed by atoms with van der Waals surface area (Å²) in [6.45, 7) is 0.156. The van der Waals surface area contributed by atoms with E-state index in [0.29, 0.717) is 5.02 Å². The lowest BCUT2D eigenvalue weighted by atomic mass is 10.0. The molecule has 0 aromatic heterocycles. The van der Waals surface area contributed by atoms with Crippen molar-refractivity contribution < 1.29 is 4.79 Å². The molecule has 2 aromatic rings. The van der Waals surface area contributed by atoms with Crippen LogP contribution in [0.5, 0.6) is 0 Å². The fourth-order valence-corrected chi connectivity index (χ4v) is 2.42. The molecule has 4 heteroatoms. The number of hydrogen-bond donors (Lipinski definition) is 0. The third-order valence-corrected chi connectivity index (χ3v) is 3.64. The maximum absolute atomic E-state index is 12.0. The van der Waals surface area contributed by atoms with Crippen LogP contribution in [0.25, 0.3) is 0 Å². The van der Waals surface area contributed by atoms with Crippen molar-refractivity contribution in [3.8, 4) is 0 Å². The fourth-order valence-electron chi connectivity index (χ4n) is 2.29. The fraction of sp³-hybridized carbons (Fsp3) is 0.125. The van der Waals surface area contributed by atoms with E-state index >= 15 is 0 Å². The summed E-state index contributed by atoms with van der Waals surface area (Å²) < 4.78 is 0. The number of carbonyl (C=O) groups excluding carboxylic acids is 1. The average Bonchev–Trinajstić information content (AvgIpc) is 2.60. The Morgan fingerprint density at radius 1 is 1.10 bits per heavy atom. The second-order valence-electron chi connectivity index (χ2n) is 4.64. The smallest absolute Gasteiger partial charge is 0.248 e. The summed E-state index contributed by atoms with van der Waals surface area (Å²) in [5.41, 5.74) is 3.63. The minimum absolute atomic E-state index is 0.0126. The SMILES string of the molecule is CN1C(=O)CN=C(c2ccc(Cl)cc2)c2ccccc21. The Bertz CT molecular complexity index is 692. The van der Waals surface area contributed by atoms with E-state index in [-0.39, 0.29) is 12.5 Å². The third-order valence-electron chi connectivity index (χ3n) is 3.38. The summed E-state index contributed by atoms with van der Waals surface area (Å²) in [6.07, 6.45) is 0. The Labute approximate surface area is 122 Å². The molecule has 0 N–H and O–H groups in total. The predicted octanol–water partition coefficient (Wildman–Crippen LogP) is 3.15. The van der Waals surface area contributed by atoms with Crippen LogP contribution >= 0.6 is 11.6 Å². The highest BCUT2D eigenvalue weighted by Gasteiger charge is 2.21. The number of benzodiazepines with no additional fused rings is 1. The normalized spacial score (nSPS) is 14.6. The Kier molecular flexibility index (Phi) is 3.28. The van der Waals surface area contributed by atoms with Gasteiger partial charge in [0, 0.05) is 23.2 Å². The van der Waals surface area contributed by atoms with Gasteiger partial charge in [-0.25, -0.2) is 0 Å². The monoisotopic (exact) mass is 284 g/mol. The molecule has 20 heavy (non-hydrogen) atoms.